The lowest BCUT2D eigenvalue weighted by Crippen LogP contribution is -2.55. The number of hydrogen-bond acceptors (Lipinski definition) is 7. The maximum atomic E-state index is 14.1. The molecule has 5 rings (SSSR count). The van der Waals surface area contributed by atoms with Crippen LogP contribution in [0.2, 0.25) is 0 Å². The van der Waals surface area contributed by atoms with Crippen LogP contribution < -0.4 is 10.6 Å². The van der Waals surface area contributed by atoms with Crippen molar-refractivity contribution in [2.45, 2.75) is 37.3 Å². The number of imide groups is 1. The lowest BCUT2D eigenvalue weighted by molar-refractivity contribution is -0.136. The third-order valence-electron chi connectivity index (χ3n) is 7.91. The van der Waals surface area contributed by atoms with Gasteiger partial charge in [0.1, 0.15) is 6.04 Å². The summed E-state index contributed by atoms with van der Waals surface area (Å²) in [5, 5.41) is 19.1. The van der Waals surface area contributed by atoms with Crippen molar-refractivity contribution in [3.63, 3.8) is 0 Å². The molecule has 3 aliphatic rings. The predicted octanol–water partition coefficient (Wildman–Crippen LogP) is 3.54. The third-order valence-corrected chi connectivity index (χ3v) is 7.91. The van der Waals surface area contributed by atoms with E-state index >= 15 is 0 Å². The van der Waals surface area contributed by atoms with E-state index in [2.05, 4.69) is 26.7 Å². The molecule has 10 nitrogen and oxygen atoms in total. The average molecular weight is 565 g/mol. The monoisotopic (exact) mass is 564 g/mol. The molecule has 2 atom stereocenters. The van der Waals surface area contributed by atoms with Gasteiger partial charge in [-0.25, -0.2) is 38.1 Å². The number of halogens is 2. The second-order valence-electron chi connectivity index (χ2n) is 10.3. The molecule has 41 heavy (non-hydrogen) atoms. The van der Waals surface area contributed by atoms with Gasteiger partial charge >= 0.3 is 18.0 Å². The minimum absolute atomic E-state index is 0.0411. The third kappa shape index (κ3) is 5.77. The molecule has 2 aromatic rings. The highest BCUT2D eigenvalue weighted by molar-refractivity contribution is 6.00. The fourth-order valence-electron chi connectivity index (χ4n) is 5.83. The van der Waals surface area contributed by atoms with Gasteiger partial charge in [-0.15, -0.1) is 0 Å². The summed E-state index contributed by atoms with van der Waals surface area (Å²) in [6, 6.07) is 9.72. The van der Waals surface area contributed by atoms with Crippen LogP contribution in [0.15, 0.2) is 54.2 Å². The molecule has 0 bridgehead atoms. The number of nitrogens with zero attached hydrogens (tertiary/aromatic N) is 4. The second-order valence-corrected chi connectivity index (χ2v) is 10.3. The number of nitriles is 1. The molecule has 0 unspecified atom stereocenters. The van der Waals surface area contributed by atoms with Crippen LogP contribution >= 0.6 is 0 Å². The lowest BCUT2D eigenvalue weighted by atomic mass is 9.87. The molecule has 3 aliphatic heterocycles. The number of ether oxygens (including phenoxy) is 1. The van der Waals surface area contributed by atoms with Crippen molar-refractivity contribution in [1.82, 2.24) is 25.6 Å². The Morgan fingerprint density at radius 3 is 2.49 bits per heavy atom. The van der Waals surface area contributed by atoms with E-state index in [9.17, 15) is 28.4 Å². The number of nitrogens with one attached hydrogen (secondary N) is 2. The van der Waals surface area contributed by atoms with Crippen LogP contribution in [-0.2, 0) is 9.53 Å². The summed E-state index contributed by atoms with van der Waals surface area (Å²) in [5.74, 6) is -2.80. The Balaban J connectivity index is 1.25. The molecule has 0 radical (unpaired) electrons. The zero-order valence-electron chi connectivity index (χ0n) is 22.5. The Bertz CT molecular complexity index is 1420. The fraction of sp³-hybridized carbons (Fsp3) is 0.379. The van der Waals surface area contributed by atoms with E-state index in [4.69, 9.17) is 4.74 Å². The quantitative estimate of drug-likeness (QED) is 0.534. The van der Waals surface area contributed by atoms with Crippen molar-refractivity contribution in [2.24, 2.45) is 0 Å². The van der Waals surface area contributed by atoms with E-state index < -0.39 is 35.7 Å². The van der Waals surface area contributed by atoms with Gasteiger partial charge in [0.05, 0.1) is 24.3 Å². The van der Waals surface area contributed by atoms with Gasteiger partial charge in [-0.2, -0.15) is 5.26 Å². The first-order valence-electron chi connectivity index (χ1n) is 13.4. The number of carbonyl (C=O) groups is 3. The summed E-state index contributed by atoms with van der Waals surface area (Å²) in [7, 11) is 1.14. The molecule has 2 aromatic carbocycles. The summed E-state index contributed by atoms with van der Waals surface area (Å²) in [6.45, 7) is 2.85. The van der Waals surface area contributed by atoms with Crippen LogP contribution in [0.4, 0.5) is 18.4 Å². The molecular weight excluding hydrogens is 534 g/mol. The standard InChI is InChI=1S/C29H30F2N6O4/c1-41-27(38)23-16-33-28(39)37(26(23)19-6-7-24(30)25(31)14-19)29(40)34-21-10-13-36(17-21)35-11-8-18(9-12-35)22-5-3-2-4-20(22)15-32/h2-7,14,16,18,21,26H,8-13,17H2,1H3,(H,33,39)(H,34,40)/t21-,26+/m1/s1. The number of carbonyl (C=O) groups excluding carboxylic acids is 3. The zero-order valence-corrected chi connectivity index (χ0v) is 22.5. The maximum Gasteiger partial charge on any atom is 0.337 e. The van der Waals surface area contributed by atoms with Gasteiger partial charge in [0.2, 0.25) is 0 Å². The zero-order chi connectivity index (χ0) is 29.1. The first-order chi connectivity index (χ1) is 19.8. The second kappa shape index (κ2) is 12.0. The predicted molar refractivity (Wildman–Crippen MR) is 143 cm³/mol. The highest BCUT2D eigenvalue weighted by atomic mass is 19.2. The maximum absolute atomic E-state index is 14.1. The molecule has 2 saturated heterocycles. The molecule has 12 heteroatoms. The number of amides is 4. The SMILES string of the molecule is COC(=O)C1=CNC(=O)N(C(=O)N[C@@H]2CCN(N3CCC(c4ccccc4C#N)CC3)C2)[C@H]1c1ccc(F)c(F)c1. The molecule has 2 fully saturated rings. The largest absolute Gasteiger partial charge is 0.466 e. The Hall–Kier alpha value is -4.34. The summed E-state index contributed by atoms with van der Waals surface area (Å²) in [5.41, 5.74) is 1.72. The van der Waals surface area contributed by atoms with Crippen LogP contribution in [-0.4, -0.2) is 72.3 Å². The Morgan fingerprint density at radius 2 is 1.78 bits per heavy atom. The van der Waals surface area contributed by atoms with Gasteiger partial charge in [0.15, 0.2) is 11.6 Å². The highest BCUT2D eigenvalue weighted by Crippen LogP contribution is 2.34. The molecule has 0 aromatic heterocycles. The topological polar surface area (TPSA) is 118 Å². The van der Waals surface area contributed by atoms with Gasteiger partial charge in [0.25, 0.3) is 0 Å². The summed E-state index contributed by atoms with van der Waals surface area (Å²) in [6.07, 6.45) is 3.55. The molecule has 0 aliphatic carbocycles. The first kappa shape index (κ1) is 28.2. The van der Waals surface area contributed by atoms with E-state index in [1.54, 1.807) is 0 Å². The summed E-state index contributed by atoms with van der Waals surface area (Å²) < 4.78 is 32.6. The Morgan fingerprint density at radius 1 is 1.05 bits per heavy atom. The van der Waals surface area contributed by atoms with E-state index in [0.29, 0.717) is 31.0 Å². The molecule has 0 spiro atoms. The molecular formula is C29H30F2N6O4. The summed E-state index contributed by atoms with van der Waals surface area (Å²) in [4.78, 5) is 39.6. The molecule has 3 heterocycles. The van der Waals surface area contributed by atoms with E-state index in [0.717, 1.165) is 61.8 Å². The van der Waals surface area contributed by atoms with Gasteiger partial charge in [-0.05, 0) is 54.5 Å². The van der Waals surface area contributed by atoms with Gasteiger partial charge < -0.3 is 15.4 Å². The van der Waals surface area contributed by atoms with Crippen molar-refractivity contribution in [1.29, 1.82) is 5.26 Å². The Kier molecular flexibility index (Phi) is 8.28. The van der Waals surface area contributed by atoms with Crippen molar-refractivity contribution < 1.29 is 27.9 Å². The minimum Gasteiger partial charge on any atom is -0.466 e. The number of hydrogen-bond donors (Lipinski definition) is 2. The van der Waals surface area contributed by atoms with E-state index in [1.807, 2.05) is 24.3 Å². The molecule has 0 saturated carbocycles. The highest BCUT2D eigenvalue weighted by Gasteiger charge is 2.41. The van der Waals surface area contributed by atoms with E-state index in [1.165, 1.54) is 6.07 Å². The molecule has 4 amide bonds. The smallest absolute Gasteiger partial charge is 0.337 e. The van der Waals surface area contributed by atoms with Crippen molar-refractivity contribution in [3.8, 4) is 6.07 Å². The van der Waals surface area contributed by atoms with Crippen LogP contribution in [0.3, 0.4) is 0 Å². The van der Waals surface area contributed by atoms with Gasteiger partial charge in [0, 0.05) is 38.4 Å². The molecule has 2 N–H and O–H groups in total. The average Bonchev–Trinajstić information content (AvgIpc) is 3.46. The fourth-order valence-corrected chi connectivity index (χ4v) is 5.83. The van der Waals surface area contributed by atoms with Gasteiger partial charge in [-0.1, -0.05) is 24.3 Å². The van der Waals surface area contributed by atoms with E-state index in [-0.39, 0.29) is 17.2 Å². The van der Waals surface area contributed by atoms with Crippen LogP contribution in [0.1, 0.15) is 47.9 Å². The first-order valence-corrected chi connectivity index (χ1v) is 13.4. The number of methoxy groups -OCH3 is 1. The number of benzene rings is 2. The van der Waals surface area contributed by atoms with Crippen LogP contribution in [0, 0.1) is 23.0 Å². The number of rotatable bonds is 5. The number of hydrazine groups is 1. The van der Waals surface area contributed by atoms with Crippen molar-refractivity contribution >= 4 is 18.0 Å². The normalized spacial score (nSPS) is 22.0. The van der Waals surface area contributed by atoms with Crippen molar-refractivity contribution in [2.75, 3.05) is 33.3 Å². The van der Waals surface area contributed by atoms with Gasteiger partial charge in [-0.3, -0.25) is 0 Å². The van der Waals surface area contributed by atoms with Crippen LogP contribution in [0.5, 0.6) is 0 Å². The molecule has 214 valence electrons. The van der Waals surface area contributed by atoms with Crippen molar-refractivity contribution in [3.05, 3.63) is 82.6 Å². The number of esters is 1. The minimum atomic E-state index is -1.32. The summed E-state index contributed by atoms with van der Waals surface area (Å²) >= 11 is 0. The number of piperidine rings is 1. The van der Waals surface area contributed by atoms with Crippen LogP contribution in [0.25, 0.3) is 0 Å². The Labute approximate surface area is 236 Å². The lowest BCUT2D eigenvalue weighted by Gasteiger charge is -2.38. The number of urea groups is 2.